The van der Waals surface area contributed by atoms with Crippen molar-refractivity contribution in [1.82, 2.24) is 4.98 Å². The highest BCUT2D eigenvalue weighted by Crippen LogP contribution is 2.11. The third-order valence-electron chi connectivity index (χ3n) is 1.25. The highest BCUT2D eigenvalue weighted by Gasteiger charge is 2.06. The summed E-state index contributed by atoms with van der Waals surface area (Å²) in [6, 6.07) is 0. The van der Waals surface area contributed by atoms with Gasteiger partial charge in [0.2, 0.25) is 0 Å². The molecule has 0 radical (unpaired) electrons. The first kappa shape index (κ1) is 10.4. The number of thiazole rings is 1. The van der Waals surface area contributed by atoms with Crippen molar-refractivity contribution in [2.24, 2.45) is 5.16 Å². The molecule has 0 unspecified atom stereocenters. The van der Waals surface area contributed by atoms with E-state index in [9.17, 15) is 4.79 Å². The molecule has 0 aliphatic heterocycles. The number of nitrogens with zero attached hydrogens (tertiary/aromatic N) is 2. The molecule has 0 bridgehead atoms. The number of nitrogen functional groups attached to an aromatic ring is 1. The maximum atomic E-state index is 10.6. The van der Waals surface area contributed by atoms with Crippen LogP contribution in [0.5, 0.6) is 0 Å². The Labute approximate surface area is 84.9 Å². The lowest BCUT2D eigenvalue weighted by molar-refractivity contribution is -0.102. The number of carbonyl (C=O) groups excluding carboxylic acids is 1. The van der Waals surface area contributed by atoms with Crippen LogP contribution in [0.2, 0.25) is 0 Å². The number of anilines is 1. The van der Waals surface area contributed by atoms with Gasteiger partial charge in [-0.1, -0.05) is 17.8 Å². The molecular weight excluding hydrogens is 202 g/mol. The summed E-state index contributed by atoms with van der Waals surface area (Å²) in [4.78, 5) is 19.2. The first-order valence-electron chi connectivity index (χ1n) is 3.75. The Morgan fingerprint density at radius 3 is 3.14 bits per heavy atom. The van der Waals surface area contributed by atoms with Gasteiger partial charge in [0.05, 0.1) is 0 Å². The number of aromatic nitrogens is 1. The highest BCUT2D eigenvalue weighted by atomic mass is 32.1. The summed E-state index contributed by atoms with van der Waals surface area (Å²) in [6.45, 7) is 3.69. The molecule has 2 N–H and O–H groups in total. The number of rotatable bonds is 5. The monoisotopic (exact) mass is 211 g/mol. The van der Waals surface area contributed by atoms with Gasteiger partial charge >= 0.3 is 0 Å². The summed E-state index contributed by atoms with van der Waals surface area (Å²) in [5.41, 5.74) is 5.95. The van der Waals surface area contributed by atoms with Crippen molar-refractivity contribution < 1.29 is 9.63 Å². The third kappa shape index (κ3) is 2.67. The molecule has 6 heteroatoms. The zero-order chi connectivity index (χ0) is 10.4. The second kappa shape index (κ2) is 5.13. The van der Waals surface area contributed by atoms with E-state index in [-0.39, 0.29) is 12.3 Å². The second-order valence-corrected chi connectivity index (χ2v) is 3.14. The van der Waals surface area contributed by atoms with E-state index in [0.29, 0.717) is 17.1 Å². The maximum Gasteiger partial charge on any atom is 0.180 e. The van der Waals surface area contributed by atoms with Gasteiger partial charge in [-0.25, -0.2) is 4.98 Å². The fourth-order valence-electron chi connectivity index (χ4n) is 0.693. The van der Waals surface area contributed by atoms with Crippen molar-refractivity contribution in [3.63, 3.8) is 0 Å². The van der Waals surface area contributed by atoms with Gasteiger partial charge in [-0.15, -0.1) is 11.3 Å². The molecule has 0 saturated carbocycles. The molecular formula is C8H9N3O2S. The molecule has 0 aliphatic rings. The van der Waals surface area contributed by atoms with E-state index >= 15 is 0 Å². The predicted molar refractivity (Wildman–Crippen MR) is 55.3 cm³/mol. The van der Waals surface area contributed by atoms with E-state index in [1.807, 2.05) is 0 Å². The van der Waals surface area contributed by atoms with Crippen LogP contribution in [0, 0.1) is 0 Å². The van der Waals surface area contributed by atoms with E-state index in [4.69, 9.17) is 10.6 Å². The fourth-order valence-corrected chi connectivity index (χ4v) is 1.25. The fraction of sp³-hybridized carbons (Fsp3) is 0.125. The molecule has 0 fully saturated rings. The summed E-state index contributed by atoms with van der Waals surface area (Å²) >= 11 is 1.24. The van der Waals surface area contributed by atoms with E-state index in [1.54, 1.807) is 5.38 Å². The molecule has 74 valence electrons. The molecule has 1 aromatic rings. The van der Waals surface area contributed by atoms with Crippen molar-refractivity contribution >= 4 is 28.5 Å². The summed E-state index contributed by atoms with van der Waals surface area (Å²) < 4.78 is 0. The molecule has 1 aromatic heterocycles. The number of oxime groups is 1. The van der Waals surface area contributed by atoms with Gasteiger partial charge in [-0.2, -0.15) is 0 Å². The molecule has 0 spiro atoms. The Bertz CT molecular complexity index is 359. The molecule has 1 rings (SSSR count). The summed E-state index contributed by atoms with van der Waals surface area (Å²) in [6.07, 6.45) is 2.10. The highest BCUT2D eigenvalue weighted by molar-refractivity contribution is 7.13. The van der Waals surface area contributed by atoms with Crippen molar-refractivity contribution in [2.45, 2.75) is 0 Å². The molecule has 0 atom stereocenters. The van der Waals surface area contributed by atoms with Gasteiger partial charge in [0.15, 0.2) is 17.1 Å². The van der Waals surface area contributed by atoms with Crippen molar-refractivity contribution in [1.29, 1.82) is 0 Å². The van der Waals surface area contributed by atoms with E-state index in [2.05, 4.69) is 16.7 Å². The Balaban J connectivity index is 2.76. The summed E-state index contributed by atoms with van der Waals surface area (Å²) in [5.74, 6) is 0. The quantitative estimate of drug-likeness (QED) is 0.257. The number of nitrogens with two attached hydrogens (primary N) is 1. The zero-order valence-corrected chi connectivity index (χ0v) is 8.16. The summed E-state index contributed by atoms with van der Waals surface area (Å²) in [7, 11) is 0. The van der Waals surface area contributed by atoms with Gasteiger partial charge in [0.25, 0.3) is 0 Å². The standard InChI is InChI=1S/C8H9N3O2S/c1-2-3-13-11-6(4-12)7-5-14-8(9)10-7/h2,4-5H,1,3H2,(H2,9,10)/b11-6-. The normalized spacial score (nSPS) is 11.0. The van der Waals surface area contributed by atoms with Crippen LogP contribution in [-0.4, -0.2) is 23.6 Å². The zero-order valence-electron chi connectivity index (χ0n) is 7.34. The van der Waals surface area contributed by atoms with E-state index in [0.717, 1.165) is 0 Å². The lowest BCUT2D eigenvalue weighted by Gasteiger charge is -1.94. The minimum atomic E-state index is 0.125. The minimum Gasteiger partial charge on any atom is -0.391 e. The Morgan fingerprint density at radius 2 is 2.64 bits per heavy atom. The predicted octanol–water partition coefficient (Wildman–Crippen LogP) is 0.831. The van der Waals surface area contributed by atoms with Gasteiger partial charge in [0.1, 0.15) is 12.3 Å². The molecule has 1 heterocycles. The second-order valence-electron chi connectivity index (χ2n) is 2.25. The van der Waals surface area contributed by atoms with Gasteiger partial charge in [-0.3, -0.25) is 4.79 Å². The van der Waals surface area contributed by atoms with E-state index < -0.39 is 0 Å². The first-order chi connectivity index (χ1) is 6.77. The van der Waals surface area contributed by atoms with Crippen LogP contribution in [0.15, 0.2) is 23.2 Å². The average Bonchev–Trinajstić information content (AvgIpc) is 2.60. The Morgan fingerprint density at radius 1 is 1.86 bits per heavy atom. The number of hydrogen-bond donors (Lipinski definition) is 1. The lowest BCUT2D eigenvalue weighted by atomic mass is 10.3. The van der Waals surface area contributed by atoms with Crippen LogP contribution >= 0.6 is 11.3 Å². The lowest BCUT2D eigenvalue weighted by Crippen LogP contribution is -2.04. The van der Waals surface area contributed by atoms with Crippen molar-refractivity contribution in [2.75, 3.05) is 12.3 Å². The third-order valence-corrected chi connectivity index (χ3v) is 1.93. The molecule has 0 amide bonds. The number of carbonyl (C=O) groups is 1. The number of hydrogen-bond acceptors (Lipinski definition) is 6. The first-order valence-corrected chi connectivity index (χ1v) is 4.63. The van der Waals surface area contributed by atoms with Gasteiger partial charge < -0.3 is 10.6 Å². The van der Waals surface area contributed by atoms with Crippen LogP contribution in [0.25, 0.3) is 0 Å². The number of aldehydes is 1. The SMILES string of the molecule is C=CCO/N=C(/C=O)c1csc(N)n1. The smallest absolute Gasteiger partial charge is 0.180 e. The van der Waals surface area contributed by atoms with Crippen molar-refractivity contribution in [3.8, 4) is 0 Å². The minimum absolute atomic E-state index is 0.125. The van der Waals surface area contributed by atoms with Crippen LogP contribution in [0.4, 0.5) is 5.13 Å². The molecule has 0 aliphatic carbocycles. The van der Waals surface area contributed by atoms with Crippen LogP contribution < -0.4 is 5.73 Å². The van der Waals surface area contributed by atoms with E-state index in [1.165, 1.54) is 17.4 Å². The van der Waals surface area contributed by atoms with Crippen LogP contribution in [-0.2, 0) is 9.63 Å². The maximum absolute atomic E-state index is 10.6. The largest absolute Gasteiger partial charge is 0.391 e. The molecule has 14 heavy (non-hydrogen) atoms. The molecule has 0 saturated heterocycles. The topological polar surface area (TPSA) is 77.6 Å². The average molecular weight is 211 g/mol. The van der Waals surface area contributed by atoms with Gasteiger partial charge in [-0.05, 0) is 0 Å². The Hall–Kier alpha value is -1.69. The van der Waals surface area contributed by atoms with Crippen LogP contribution in [0.1, 0.15) is 5.69 Å². The van der Waals surface area contributed by atoms with Crippen LogP contribution in [0.3, 0.4) is 0 Å². The van der Waals surface area contributed by atoms with Crippen molar-refractivity contribution in [3.05, 3.63) is 23.7 Å². The summed E-state index contributed by atoms with van der Waals surface area (Å²) in [5, 5.41) is 5.61. The van der Waals surface area contributed by atoms with Gasteiger partial charge in [0, 0.05) is 5.38 Å². The molecule has 5 nitrogen and oxygen atoms in total. The molecule has 0 aromatic carbocycles. The Kier molecular flexibility index (Phi) is 3.81.